The number of carboxylic acid groups (broad SMARTS) is 1. The van der Waals surface area contributed by atoms with Crippen LogP contribution in [-0.2, 0) is 4.79 Å². The van der Waals surface area contributed by atoms with Crippen molar-refractivity contribution in [1.82, 2.24) is 0 Å². The van der Waals surface area contributed by atoms with Gasteiger partial charge in [0.25, 0.3) is 0 Å². The number of allylic oxidation sites excluding steroid dienone is 3. The molecule has 0 aliphatic rings. The molecular formula is C6H6Br2O2. The van der Waals surface area contributed by atoms with Crippen molar-refractivity contribution in [2.24, 2.45) is 0 Å². The molecule has 0 fully saturated rings. The Kier molecular flexibility index (Phi) is 4.64. The van der Waals surface area contributed by atoms with E-state index in [1.165, 1.54) is 0 Å². The lowest BCUT2D eigenvalue weighted by Gasteiger charge is -1.91. The first kappa shape index (κ1) is 9.91. The predicted octanol–water partition coefficient (Wildman–Crippen LogP) is 2.65. The Morgan fingerprint density at radius 1 is 1.50 bits per heavy atom. The van der Waals surface area contributed by atoms with Gasteiger partial charge in [-0.25, -0.2) is 4.79 Å². The molecule has 0 saturated carbocycles. The van der Waals surface area contributed by atoms with Crippen LogP contribution in [0.1, 0.15) is 6.92 Å². The van der Waals surface area contributed by atoms with Gasteiger partial charge in [0.15, 0.2) is 0 Å². The highest BCUT2D eigenvalue weighted by Gasteiger charge is 2.04. The zero-order valence-corrected chi connectivity index (χ0v) is 8.44. The van der Waals surface area contributed by atoms with Gasteiger partial charge in [-0.15, -0.1) is 0 Å². The number of hydrogen-bond donors (Lipinski definition) is 1. The molecule has 0 aromatic rings. The summed E-state index contributed by atoms with van der Waals surface area (Å²) in [6.07, 6.45) is 3.40. The Balaban J connectivity index is 4.50. The fourth-order valence-corrected chi connectivity index (χ4v) is 0.888. The first-order valence-electron chi connectivity index (χ1n) is 2.51. The molecule has 0 atom stereocenters. The Morgan fingerprint density at radius 3 is 2.30 bits per heavy atom. The molecule has 0 aliphatic carbocycles. The Bertz CT molecular complexity index is 194. The zero-order chi connectivity index (χ0) is 8.15. The van der Waals surface area contributed by atoms with E-state index in [2.05, 4.69) is 31.9 Å². The number of halogens is 2. The van der Waals surface area contributed by atoms with Crippen molar-refractivity contribution in [2.75, 3.05) is 0 Å². The summed E-state index contributed by atoms with van der Waals surface area (Å²) in [4.78, 5) is 10.2. The van der Waals surface area contributed by atoms with Gasteiger partial charge in [0, 0.05) is 4.48 Å². The molecule has 56 valence electrons. The minimum Gasteiger partial charge on any atom is -0.477 e. The minimum atomic E-state index is -0.982. The van der Waals surface area contributed by atoms with Gasteiger partial charge in [0.05, 0.1) is 0 Å². The van der Waals surface area contributed by atoms with E-state index in [1.807, 2.05) is 6.92 Å². The maximum atomic E-state index is 10.2. The largest absolute Gasteiger partial charge is 0.477 e. The third kappa shape index (κ3) is 3.17. The number of hydrogen-bond acceptors (Lipinski definition) is 1. The fourth-order valence-electron chi connectivity index (χ4n) is 0.322. The van der Waals surface area contributed by atoms with Crippen molar-refractivity contribution in [2.45, 2.75) is 6.92 Å². The molecule has 1 N–H and O–H groups in total. The molecule has 2 nitrogen and oxygen atoms in total. The third-order valence-corrected chi connectivity index (χ3v) is 2.67. The summed E-state index contributed by atoms with van der Waals surface area (Å²) in [5, 5.41) is 8.41. The highest BCUT2D eigenvalue weighted by Crippen LogP contribution is 2.18. The Morgan fingerprint density at radius 2 is 2.00 bits per heavy atom. The van der Waals surface area contributed by atoms with Crippen LogP contribution in [0, 0.1) is 0 Å². The van der Waals surface area contributed by atoms with Crippen LogP contribution >= 0.6 is 31.9 Å². The topological polar surface area (TPSA) is 37.3 Å². The molecule has 0 rings (SSSR count). The van der Waals surface area contributed by atoms with E-state index < -0.39 is 5.97 Å². The molecule has 0 aliphatic heterocycles. The second-order valence-electron chi connectivity index (χ2n) is 1.47. The first-order valence-corrected chi connectivity index (χ1v) is 4.09. The van der Waals surface area contributed by atoms with Gasteiger partial charge < -0.3 is 5.11 Å². The van der Waals surface area contributed by atoms with E-state index in [1.54, 1.807) is 12.2 Å². The van der Waals surface area contributed by atoms with Gasteiger partial charge in [0.1, 0.15) is 4.48 Å². The first-order chi connectivity index (χ1) is 4.59. The van der Waals surface area contributed by atoms with Crippen LogP contribution in [0.4, 0.5) is 0 Å². The second-order valence-corrected chi connectivity index (χ2v) is 3.11. The number of carboxylic acids is 1. The van der Waals surface area contributed by atoms with Crippen molar-refractivity contribution < 1.29 is 9.90 Å². The minimum absolute atomic E-state index is 0.130. The maximum Gasteiger partial charge on any atom is 0.343 e. The summed E-state index contributed by atoms with van der Waals surface area (Å²) < 4.78 is 0.660. The van der Waals surface area contributed by atoms with Crippen molar-refractivity contribution >= 4 is 37.8 Å². The van der Waals surface area contributed by atoms with Crippen LogP contribution in [0.25, 0.3) is 0 Å². The van der Waals surface area contributed by atoms with Crippen molar-refractivity contribution in [1.29, 1.82) is 0 Å². The van der Waals surface area contributed by atoms with Crippen LogP contribution in [-0.4, -0.2) is 11.1 Å². The Labute approximate surface area is 75.9 Å². The smallest absolute Gasteiger partial charge is 0.343 e. The molecule has 0 aromatic heterocycles. The SMILES string of the molecule is CC=CC(Br)=C(Br)C(=O)O. The maximum absolute atomic E-state index is 10.2. The lowest BCUT2D eigenvalue weighted by atomic mass is 10.4. The summed E-state index contributed by atoms with van der Waals surface area (Å²) in [5.74, 6) is -0.982. The molecule has 0 aromatic carbocycles. The number of rotatable bonds is 2. The molecule has 0 heterocycles. The quantitative estimate of drug-likeness (QED) is 0.618. The number of aliphatic carboxylic acids is 1. The van der Waals surface area contributed by atoms with Crippen molar-refractivity contribution in [3.05, 3.63) is 21.1 Å². The van der Waals surface area contributed by atoms with Gasteiger partial charge >= 0.3 is 5.97 Å². The van der Waals surface area contributed by atoms with E-state index in [-0.39, 0.29) is 4.48 Å². The summed E-state index contributed by atoms with van der Waals surface area (Å²) in [6, 6.07) is 0. The van der Waals surface area contributed by atoms with Crippen LogP contribution in [0.15, 0.2) is 21.1 Å². The van der Waals surface area contributed by atoms with E-state index in [0.717, 1.165) is 0 Å². The van der Waals surface area contributed by atoms with Crippen LogP contribution in [0.2, 0.25) is 0 Å². The molecule has 0 spiro atoms. The van der Waals surface area contributed by atoms with Crippen LogP contribution < -0.4 is 0 Å². The highest BCUT2D eigenvalue weighted by molar-refractivity contribution is 9.14. The van der Waals surface area contributed by atoms with Crippen molar-refractivity contribution in [3.8, 4) is 0 Å². The van der Waals surface area contributed by atoms with E-state index in [0.29, 0.717) is 4.48 Å². The van der Waals surface area contributed by atoms with Gasteiger partial charge in [-0.05, 0) is 38.8 Å². The standard InChI is InChI=1S/C6H6Br2O2/c1-2-3-4(7)5(8)6(9)10/h2-3H,1H3,(H,9,10). The van der Waals surface area contributed by atoms with E-state index in [9.17, 15) is 4.79 Å². The third-order valence-electron chi connectivity index (χ3n) is 0.710. The fraction of sp³-hybridized carbons (Fsp3) is 0.167. The van der Waals surface area contributed by atoms with Gasteiger partial charge in [-0.3, -0.25) is 0 Å². The number of carbonyl (C=O) groups is 1. The molecule has 0 saturated heterocycles. The molecule has 0 bridgehead atoms. The van der Waals surface area contributed by atoms with Crippen molar-refractivity contribution in [3.63, 3.8) is 0 Å². The second kappa shape index (κ2) is 4.68. The summed E-state index contributed by atoms with van der Waals surface area (Å²) >= 11 is 5.96. The monoisotopic (exact) mass is 268 g/mol. The molecule has 0 unspecified atom stereocenters. The lowest BCUT2D eigenvalue weighted by Crippen LogP contribution is -1.93. The van der Waals surface area contributed by atoms with Gasteiger partial charge in [-0.1, -0.05) is 12.2 Å². The summed E-state index contributed by atoms with van der Waals surface area (Å²) in [6.45, 7) is 1.81. The molecular weight excluding hydrogens is 264 g/mol. The predicted molar refractivity (Wildman–Crippen MR) is 47.3 cm³/mol. The molecule has 10 heavy (non-hydrogen) atoms. The zero-order valence-electron chi connectivity index (χ0n) is 5.27. The molecule has 0 amide bonds. The summed E-state index contributed by atoms with van der Waals surface area (Å²) in [5.41, 5.74) is 0. The van der Waals surface area contributed by atoms with E-state index in [4.69, 9.17) is 5.11 Å². The van der Waals surface area contributed by atoms with Gasteiger partial charge in [0.2, 0.25) is 0 Å². The van der Waals surface area contributed by atoms with Crippen LogP contribution in [0.5, 0.6) is 0 Å². The average Bonchev–Trinajstić information content (AvgIpc) is 1.87. The van der Waals surface area contributed by atoms with Crippen LogP contribution in [0.3, 0.4) is 0 Å². The molecule has 4 heteroatoms. The lowest BCUT2D eigenvalue weighted by molar-refractivity contribution is -0.131. The normalized spacial score (nSPS) is 13.5. The molecule has 0 radical (unpaired) electrons. The highest BCUT2D eigenvalue weighted by atomic mass is 79.9. The van der Waals surface area contributed by atoms with E-state index >= 15 is 0 Å². The Hall–Kier alpha value is -0.0900. The van der Waals surface area contributed by atoms with Gasteiger partial charge in [-0.2, -0.15) is 0 Å². The summed E-state index contributed by atoms with van der Waals surface area (Å²) in [7, 11) is 0. The average molecular weight is 270 g/mol.